The van der Waals surface area contributed by atoms with Crippen LogP contribution in [0, 0.1) is 18.3 Å². The van der Waals surface area contributed by atoms with Gasteiger partial charge in [0.25, 0.3) is 5.91 Å². The number of carbonyl (C=O) groups is 1. The second kappa shape index (κ2) is 5.55. The van der Waals surface area contributed by atoms with Crippen LogP contribution >= 0.6 is 27.3 Å². The summed E-state index contributed by atoms with van der Waals surface area (Å²) in [6.07, 6.45) is 0. The van der Waals surface area contributed by atoms with E-state index in [1.54, 1.807) is 36.2 Å². The lowest BCUT2D eigenvalue weighted by molar-refractivity contribution is 0.0997. The van der Waals surface area contributed by atoms with Gasteiger partial charge in [-0.3, -0.25) is 4.79 Å². The fourth-order valence-corrected chi connectivity index (χ4v) is 3.12. The van der Waals surface area contributed by atoms with E-state index in [1.807, 2.05) is 13.0 Å². The number of benzene rings is 1. The molecule has 0 saturated carbocycles. The zero-order chi connectivity index (χ0) is 14.0. The lowest BCUT2D eigenvalue weighted by Crippen LogP contribution is -2.25. The number of carbonyl (C=O) groups excluding carboxylic acids is 1. The molecule has 0 aliphatic heterocycles. The van der Waals surface area contributed by atoms with Crippen LogP contribution in [0.1, 0.15) is 20.8 Å². The van der Waals surface area contributed by atoms with Crippen molar-refractivity contribution in [1.82, 2.24) is 0 Å². The van der Waals surface area contributed by atoms with Gasteiger partial charge in [0, 0.05) is 12.7 Å². The largest absolute Gasteiger partial charge is 0.311 e. The van der Waals surface area contributed by atoms with Crippen molar-refractivity contribution in [3.05, 3.63) is 50.1 Å². The van der Waals surface area contributed by atoms with Crippen LogP contribution in [0.4, 0.5) is 5.69 Å². The highest BCUT2D eigenvalue weighted by atomic mass is 79.9. The Kier molecular flexibility index (Phi) is 4.03. The van der Waals surface area contributed by atoms with Crippen molar-refractivity contribution in [3.63, 3.8) is 0 Å². The number of rotatable bonds is 2. The predicted octanol–water partition coefficient (Wildman–Crippen LogP) is 3.97. The van der Waals surface area contributed by atoms with Crippen molar-refractivity contribution in [1.29, 1.82) is 5.26 Å². The van der Waals surface area contributed by atoms with Gasteiger partial charge in [0.1, 0.15) is 0 Å². The van der Waals surface area contributed by atoms with Crippen LogP contribution in [0.3, 0.4) is 0 Å². The van der Waals surface area contributed by atoms with Gasteiger partial charge in [-0.25, -0.2) is 0 Å². The average Bonchev–Trinajstić information content (AvgIpc) is 2.77. The van der Waals surface area contributed by atoms with Crippen molar-refractivity contribution in [2.24, 2.45) is 0 Å². The molecule has 0 atom stereocenters. The topological polar surface area (TPSA) is 44.1 Å². The molecule has 0 spiro atoms. The minimum absolute atomic E-state index is 0.0523. The summed E-state index contributed by atoms with van der Waals surface area (Å²) in [6, 6.07) is 10.9. The molecule has 1 heterocycles. The quantitative estimate of drug-likeness (QED) is 0.834. The van der Waals surface area contributed by atoms with Gasteiger partial charge in [-0.15, -0.1) is 11.3 Å². The molecule has 0 bridgehead atoms. The van der Waals surface area contributed by atoms with Gasteiger partial charge in [-0.1, -0.05) is 0 Å². The van der Waals surface area contributed by atoms with E-state index in [1.165, 1.54) is 11.3 Å². The van der Waals surface area contributed by atoms with E-state index in [9.17, 15) is 4.79 Å². The Hall–Kier alpha value is -1.64. The van der Waals surface area contributed by atoms with E-state index in [0.29, 0.717) is 10.4 Å². The smallest absolute Gasteiger partial charge is 0.268 e. The zero-order valence-corrected chi connectivity index (χ0v) is 12.9. The molecule has 0 aliphatic carbocycles. The van der Waals surface area contributed by atoms with Gasteiger partial charge in [-0.2, -0.15) is 5.26 Å². The summed E-state index contributed by atoms with van der Waals surface area (Å²) in [5.74, 6) is -0.0523. The molecular formula is C14H11BrN2OS. The molecule has 2 rings (SSSR count). The van der Waals surface area contributed by atoms with E-state index in [0.717, 1.165) is 15.0 Å². The number of aryl methyl sites for hydroxylation is 1. The maximum absolute atomic E-state index is 12.3. The van der Waals surface area contributed by atoms with Crippen LogP contribution in [0.2, 0.25) is 0 Å². The van der Waals surface area contributed by atoms with Crippen LogP contribution < -0.4 is 4.90 Å². The van der Waals surface area contributed by atoms with Crippen LogP contribution in [0.25, 0.3) is 0 Å². The molecule has 0 radical (unpaired) electrons. The van der Waals surface area contributed by atoms with E-state index < -0.39 is 0 Å². The summed E-state index contributed by atoms with van der Waals surface area (Å²) in [5, 5.41) is 8.75. The van der Waals surface area contributed by atoms with Gasteiger partial charge in [-0.05, 0) is 58.7 Å². The SMILES string of the molecule is Cc1cc(C(=O)N(C)c2ccc(C#N)cc2)sc1Br. The van der Waals surface area contributed by atoms with Crippen molar-refractivity contribution in [2.75, 3.05) is 11.9 Å². The molecule has 2 aromatic rings. The van der Waals surface area contributed by atoms with Crippen LogP contribution in [-0.2, 0) is 0 Å². The first kappa shape index (κ1) is 13.8. The fraction of sp³-hybridized carbons (Fsp3) is 0.143. The second-order valence-electron chi connectivity index (χ2n) is 4.09. The molecular weight excluding hydrogens is 324 g/mol. The minimum Gasteiger partial charge on any atom is -0.311 e. The minimum atomic E-state index is -0.0523. The summed E-state index contributed by atoms with van der Waals surface area (Å²) in [7, 11) is 1.73. The first-order chi connectivity index (χ1) is 9.02. The van der Waals surface area contributed by atoms with Gasteiger partial charge in [0.15, 0.2) is 0 Å². The van der Waals surface area contributed by atoms with Crippen LogP contribution in [0.15, 0.2) is 34.1 Å². The number of amides is 1. The number of nitriles is 1. The molecule has 1 amide bonds. The summed E-state index contributed by atoms with van der Waals surface area (Å²) in [5.41, 5.74) is 2.41. The standard InChI is InChI=1S/C14H11BrN2OS/c1-9-7-12(19-13(9)15)14(18)17(2)11-5-3-10(8-16)4-6-11/h3-7H,1-2H3. The van der Waals surface area contributed by atoms with Crippen molar-refractivity contribution < 1.29 is 4.79 Å². The summed E-state index contributed by atoms with van der Waals surface area (Å²) < 4.78 is 0.976. The van der Waals surface area contributed by atoms with Crippen molar-refractivity contribution in [3.8, 4) is 6.07 Å². The maximum atomic E-state index is 12.3. The second-order valence-corrected chi connectivity index (χ2v) is 6.46. The molecule has 0 fully saturated rings. The number of halogens is 1. The summed E-state index contributed by atoms with van der Waals surface area (Å²) in [4.78, 5) is 14.6. The Morgan fingerprint density at radius 3 is 2.47 bits per heavy atom. The van der Waals surface area contributed by atoms with Crippen LogP contribution in [0.5, 0.6) is 0 Å². The zero-order valence-electron chi connectivity index (χ0n) is 10.5. The first-order valence-electron chi connectivity index (χ1n) is 5.57. The molecule has 0 saturated heterocycles. The van der Waals surface area contributed by atoms with Gasteiger partial charge in [0.2, 0.25) is 0 Å². The molecule has 0 unspecified atom stereocenters. The van der Waals surface area contributed by atoms with E-state index in [4.69, 9.17) is 5.26 Å². The Morgan fingerprint density at radius 1 is 1.37 bits per heavy atom. The Bertz CT molecular complexity index is 636. The molecule has 1 aromatic carbocycles. The molecule has 96 valence electrons. The normalized spacial score (nSPS) is 10.0. The fourth-order valence-electron chi connectivity index (χ4n) is 1.61. The average molecular weight is 335 g/mol. The molecule has 19 heavy (non-hydrogen) atoms. The third kappa shape index (κ3) is 2.86. The highest BCUT2D eigenvalue weighted by molar-refractivity contribution is 9.11. The number of nitrogens with zero attached hydrogens (tertiary/aromatic N) is 2. The number of thiophene rings is 1. The third-order valence-electron chi connectivity index (χ3n) is 2.76. The molecule has 5 heteroatoms. The van der Waals surface area contributed by atoms with E-state index in [2.05, 4.69) is 22.0 Å². The van der Waals surface area contributed by atoms with Crippen LogP contribution in [-0.4, -0.2) is 13.0 Å². The van der Waals surface area contributed by atoms with Gasteiger partial charge in [0.05, 0.1) is 20.3 Å². The molecule has 0 aliphatic rings. The lowest BCUT2D eigenvalue weighted by Gasteiger charge is -2.16. The monoisotopic (exact) mass is 334 g/mol. The van der Waals surface area contributed by atoms with Gasteiger partial charge < -0.3 is 4.90 Å². The first-order valence-corrected chi connectivity index (χ1v) is 7.18. The summed E-state index contributed by atoms with van der Waals surface area (Å²) in [6.45, 7) is 1.96. The Balaban J connectivity index is 2.25. The number of hydrogen-bond donors (Lipinski definition) is 0. The highest BCUT2D eigenvalue weighted by Crippen LogP contribution is 2.29. The van der Waals surface area contributed by atoms with E-state index in [-0.39, 0.29) is 5.91 Å². The summed E-state index contributed by atoms with van der Waals surface area (Å²) >= 11 is 4.85. The van der Waals surface area contributed by atoms with Gasteiger partial charge >= 0.3 is 0 Å². The molecule has 0 N–H and O–H groups in total. The number of hydrogen-bond acceptors (Lipinski definition) is 3. The van der Waals surface area contributed by atoms with Crippen molar-refractivity contribution >= 4 is 38.9 Å². The Labute approximate surface area is 124 Å². The Morgan fingerprint density at radius 2 is 2.00 bits per heavy atom. The lowest BCUT2D eigenvalue weighted by atomic mass is 10.2. The highest BCUT2D eigenvalue weighted by Gasteiger charge is 2.16. The maximum Gasteiger partial charge on any atom is 0.268 e. The van der Waals surface area contributed by atoms with E-state index >= 15 is 0 Å². The third-order valence-corrected chi connectivity index (χ3v) is 4.88. The van der Waals surface area contributed by atoms with Crippen molar-refractivity contribution in [2.45, 2.75) is 6.92 Å². The number of anilines is 1. The molecule has 3 nitrogen and oxygen atoms in total. The predicted molar refractivity (Wildman–Crippen MR) is 80.6 cm³/mol. The molecule has 1 aromatic heterocycles.